The van der Waals surface area contributed by atoms with Crippen molar-refractivity contribution in [3.05, 3.63) is 40.8 Å². The summed E-state index contributed by atoms with van der Waals surface area (Å²) in [4.78, 5) is 0.950. The van der Waals surface area contributed by atoms with Crippen molar-refractivity contribution >= 4 is 27.0 Å². The first-order valence-corrected chi connectivity index (χ1v) is 9.14. The van der Waals surface area contributed by atoms with Crippen molar-refractivity contribution in [2.75, 3.05) is 18.0 Å². The van der Waals surface area contributed by atoms with Crippen LogP contribution in [0.15, 0.2) is 34.5 Å². The van der Waals surface area contributed by atoms with Gasteiger partial charge in [-0.3, -0.25) is 4.31 Å². The lowest BCUT2D eigenvalue weighted by molar-refractivity contribution is 0.166. The molecule has 1 aliphatic heterocycles. The van der Waals surface area contributed by atoms with Gasteiger partial charge in [-0.1, -0.05) is 0 Å². The Kier molecular flexibility index (Phi) is 3.88. The third-order valence-corrected chi connectivity index (χ3v) is 7.01. The van der Waals surface area contributed by atoms with E-state index in [9.17, 15) is 13.5 Å². The standard InChI is InChI=1S/C15H17NO4S2/c1-10-3-6-15(21-10)22(18,19)16-8-7-14(17)12-9-11(20-2)4-5-13(12)16/h3-6,9,14,17H,7-8H2,1-2H3. The number of hydrogen-bond acceptors (Lipinski definition) is 5. The van der Waals surface area contributed by atoms with Gasteiger partial charge < -0.3 is 9.84 Å². The molecule has 0 fully saturated rings. The van der Waals surface area contributed by atoms with Gasteiger partial charge in [0.15, 0.2) is 0 Å². The topological polar surface area (TPSA) is 66.8 Å². The highest BCUT2D eigenvalue weighted by Crippen LogP contribution is 2.39. The van der Waals surface area contributed by atoms with E-state index in [4.69, 9.17) is 4.74 Å². The van der Waals surface area contributed by atoms with Crippen molar-refractivity contribution in [3.8, 4) is 5.75 Å². The molecule has 0 saturated heterocycles. The molecule has 1 aromatic carbocycles. The molecule has 1 aliphatic rings. The van der Waals surface area contributed by atoms with Gasteiger partial charge in [-0.25, -0.2) is 8.42 Å². The molecular formula is C15H17NO4S2. The summed E-state index contributed by atoms with van der Waals surface area (Å²) in [6, 6.07) is 8.52. The number of anilines is 1. The highest BCUT2D eigenvalue weighted by atomic mass is 32.2. The molecule has 1 aromatic heterocycles. The van der Waals surface area contributed by atoms with E-state index in [1.165, 1.54) is 15.6 Å². The summed E-state index contributed by atoms with van der Waals surface area (Å²) in [7, 11) is -2.06. The smallest absolute Gasteiger partial charge is 0.273 e. The van der Waals surface area contributed by atoms with Crippen LogP contribution in [0.2, 0.25) is 0 Å². The third kappa shape index (κ3) is 2.49. The molecule has 0 amide bonds. The number of aliphatic hydroxyl groups excluding tert-OH is 1. The molecule has 5 nitrogen and oxygen atoms in total. The second kappa shape index (κ2) is 5.57. The van der Waals surface area contributed by atoms with Crippen LogP contribution < -0.4 is 9.04 Å². The number of hydrogen-bond donors (Lipinski definition) is 1. The van der Waals surface area contributed by atoms with Crippen LogP contribution in [0.3, 0.4) is 0 Å². The van der Waals surface area contributed by atoms with Crippen molar-refractivity contribution in [3.63, 3.8) is 0 Å². The van der Waals surface area contributed by atoms with E-state index in [1.807, 2.05) is 6.92 Å². The van der Waals surface area contributed by atoms with Gasteiger partial charge in [0.2, 0.25) is 0 Å². The summed E-state index contributed by atoms with van der Waals surface area (Å²) in [6.45, 7) is 2.14. The monoisotopic (exact) mass is 339 g/mol. The van der Waals surface area contributed by atoms with Crippen molar-refractivity contribution in [1.29, 1.82) is 0 Å². The van der Waals surface area contributed by atoms with Crippen LogP contribution in [0.4, 0.5) is 5.69 Å². The fourth-order valence-electron chi connectivity index (χ4n) is 2.58. The number of sulfonamides is 1. The highest BCUT2D eigenvalue weighted by Gasteiger charge is 2.33. The van der Waals surface area contributed by atoms with Crippen LogP contribution in [0.5, 0.6) is 5.75 Å². The van der Waals surface area contributed by atoms with E-state index in [0.29, 0.717) is 27.6 Å². The highest BCUT2D eigenvalue weighted by molar-refractivity contribution is 7.94. The molecule has 118 valence electrons. The fraction of sp³-hybridized carbons (Fsp3) is 0.333. The number of nitrogens with zero attached hydrogens (tertiary/aromatic N) is 1. The molecule has 3 rings (SSSR count). The van der Waals surface area contributed by atoms with Gasteiger partial charge in [0.05, 0.1) is 18.9 Å². The predicted octanol–water partition coefficient (Wildman–Crippen LogP) is 2.70. The zero-order chi connectivity index (χ0) is 15.9. The van der Waals surface area contributed by atoms with Gasteiger partial charge in [0.1, 0.15) is 9.96 Å². The molecule has 1 N–H and O–H groups in total. The van der Waals surface area contributed by atoms with E-state index in [1.54, 1.807) is 37.4 Å². The minimum Gasteiger partial charge on any atom is -0.497 e. The first-order chi connectivity index (χ1) is 10.4. The molecule has 7 heteroatoms. The van der Waals surface area contributed by atoms with Crippen LogP contribution in [-0.2, 0) is 10.0 Å². The Morgan fingerprint density at radius 2 is 2.09 bits per heavy atom. The van der Waals surface area contributed by atoms with Gasteiger partial charge >= 0.3 is 0 Å². The van der Waals surface area contributed by atoms with Crippen LogP contribution in [-0.4, -0.2) is 27.2 Å². The Morgan fingerprint density at radius 1 is 1.32 bits per heavy atom. The van der Waals surface area contributed by atoms with Crippen molar-refractivity contribution in [1.82, 2.24) is 0 Å². The molecule has 0 saturated carbocycles. The second-order valence-electron chi connectivity index (χ2n) is 5.17. The Balaban J connectivity index is 2.09. The van der Waals surface area contributed by atoms with Crippen molar-refractivity contribution in [2.24, 2.45) is 0 Å². The zero-order valence-corrected chi connectivity index (χ0v) is 13.9. The summed E-state index contributed by atoms with van der Waals surface area (Å²) >= 11 is 1.25. The summed E-state index contributed by atoms with van der Waals surface area (Å²) < 4.78 is 32.6. The molecule has 2 heterocycles. The maximum atomic E-state index is 12.8. The largest absolute Gasteiger partial charge is 0.497 e. The Labute approximate surface area is 133 Å². The maximum Gasteiger partial charge on any atom is 0.273 e. The van der Waals surface area contributed by atoms with E-state index < -0.39 is 16.1 Å². The number of fused-ring (bicyclic) bond motifs is 1. The van der Waals surface area contributed by atoms with Crippen LogP contribution >= 0.6 is 11.3 Å². The average Bonchev–Trinajstić information content (AvgIpc) is 2.94. The lowest BCUT2D eigenvalue weighted by Gasteiger charge is -2.32. The van der Waals surface area contributed by atoms with Crippen molar-refractivity contribution < 1.29 is 18.3 Å². The van der Waals surface area contributed by atoms with Crippen LogP contribution in [0.1, 0.15) is 23.0 Å². The quantitative estimate of drug-likeness (QED) is 0.934. The van der Waals surface area contributed by atoms with Gasteiger partial charge in [0.25, 0.3) is 10.0 Å². The number of benzene rings is 1. The van der Waals surface area contributed by atoms with Gasteiger partial charge in [0, 0.05) is 17.0 Å². The number of aryl methyl sites for hydroxylation is 1. The third-order valence-electron chi connectivity index (χ3n) is 3.73. The Bertz CT molecular complexity index is 798. The number of thiophene rings is 1. The Hall–Kier alpha value is -1.57. The van der Waals surface area contributed by atoms with Gasteiger partial charge in [-0.15, -0.1) is 11.3 Å². The summed E-state index contributed by atoms with van der Waals surface area (Å²) in [5, 5.41) is 10.2. The normalized spacial score (nSPS) is 18.1. The molecule has 2 aromatic rings. The molecule has 0 radical (unpaired) electrons. The number of rotatable bonds is 3. The maximum absolute atomic E-state index is 12.8. The molecule has 22 heavy (non-hydrogen) atoms. The number of aliphatic hydroxyl groups is 1. The SMILES string of the molecule is COc1ccc2c(c1)C(O)CCN2S(=O)(=O)c1ccc(C)s1. The predicted molar refractivity (Wildman–Crippen MR) is 86.2 cm³/mol. The first kappa shape index (κ1) is 15.3. The molecule has 1 unspecified atom stereocenters. The summed E-state index contributed by atoms with van der Waals surface area (Å²) in [6.07, 6.45) is -0.314. The lowest BCUT2D eigenvalue weighted by atomic mass is 10.0. The number of methoxy groups -OCH3 is 1. The fourth-order valence-corrected chi connectivity index (χ4v) is 5.48. The molecular weight excluding hydrogens is 322 g/mol. The molecule has 0 bridgehead atoms. The lowest BCUT2D eigenvalue weighted by Crippen LogP contribution is -2.36. The molecule has 1 atom stereocenters. The Morgan fingerprint density at radius 3 is 2.73 bits per heavy atom. The zero-order valence-electron chi connectivity index (χ0n) is 12.3. The van der Waals surface area contributed by atoms with E-state index in [0.717, 1.165) is 4.88 Å². The molecule has 0 aliphatic carbocycles. The van der Waals surface area contributed by atoms with Gasteiger partial charge in [-0.2, -0.15) is 0 Å². The summed E-state index contributed by atoms with van der Waals surface area (Å²) in [5.74, 6) is 0.601. The van der Waals surface area contributed by atoms with Gasteiger partial charge in [-0.05, 0) is 43.7 Å². The minimum absolute atomic E-state index is 0.264. The van der Waals surface area contributed by atoms with Crippen LogP contribution in [0.25, 0.3) is 0 Å². The molecule has 0 spiro atoms. The second-order valence-corrected chi connectivity index (χ2v) is 8.55. The van der Waals surface area contributed by atoms with Crippen LogP contribution in [0, 0.1) is 6.92 Å². The van der Waals surface area contributed by atoms with E-state index in [-0.39, 0.29) is 6.54 Å². The van der Waals surface area contributed by atoms with E-state index in [2.05, 4.69) is 0 Å². The van der Waals surface area contributed by atoms with E-state index >= 15 is 0 Å². The minimum atomic E-state index is -3.60. The first-order valence-electron chi connectivity index (χ1n) is 6.88. The average molecular weight is 339 g/mol. The van der Waals surface area contributed by atoms with Crippen molar-refractivity contribution in [2.45, 2.75) is 23.7 Å². The number of ether oxygens (including phenoxy) is 1. The summed E-state index contributed by atoms with van der Waals surface area (Å²) in [5.41, 5.74) is 1.10.